The minimum absolute atomic E-state index is 0.0410. The highest BCUT2D eigenvalue weighted by Gasteiger charge is 2.33. The van der Waals surface area contributed by atoms with Crippen molar-refractivity contribution in [1.29, 1.82) is 0 Å². The molecular weight excluding hydrogens is 541 g/mol. The number of nitrogens with zero attached hydrogens (tertiary/aromatic N) is 2. The third kappa shape index (κ3) is 8.28. The molecule has 0 fully saturated rings. The van der Waals surface area contributed by atoms with Crippen LogP contribution in [0.15, 0.2) is 72.8 Å². The van der Waals surface area contributed by atoms with Crippen molar-refractivity contribution in [2.24, 2.45) is 0 Å². The van der Waals surface area contributed by atoms with Gasteiger partial charge in [-0.3, -0.25) is 13.9 Å². The van der Waals surface area contributed by atoms with Gasteiger partial charge in [-0.15, -0.1) is 0 Å². The minimum Gasteiger partial charge on any atom is -0.352 e. The number of hydrogen-bond acceptors (Lipinski definition) is 4. The zero-order valence-electron chi connectivity index (χ0n) is 22.4. The maximum Gasteiger partial charge on any atom is 0.244 e. The Kier molecular flexibility index (Phi) is 10.1. The van der Waals surface area contributed by atoms with E-state index in [9.17, 15) is 22.4 Å². The molecule has 2 amide bonds. The zero-order chi connectivity index (χ0) is 28.7. The highest BCUT2D eigenvalue weighted by Crippen LogP contribution is 2.25. The molecule has 208 valence electrons. The molecule has 1 N–H and O–H groups in total. The summed E-state index contributed by atoms with van der Waals surface area (Å²) in [5, 5.41) is 2.63. The molecule has 0 aliphatic heterocycles. The number of sulfonamides is 1. The highest BCUT2D eigenvalue weighted by atomic mass is 35.5. The highest BCUT2D eigenvalue weighted by molar-refractivity contribution is 7.92. The van der Waals surface area contributed by atoms with Gasteiger partial charge in [0.1, 0.15) is 18.4 Å². The van der Waals surface area contributed by atoms with Crippen LogP contribution in [-0.4, -0.2) is 50.0 Å². The van der Waals surface area contributed by atoms with E-state index >= 15 is 0 Å². The fourth-order valence-corrected chi connectivity index (χ4v) is 5.18. The Morgan fingerprint density at radius 2 is 1.64 bits per heavy atom. The summed E-state index contributed by atoms with van der Waals surface area (Å²) < 4.78 is 40.2. The molecule has 7 nitrogen and oxygen atoms in total. The van der Waals surface area contributed by atoms with Crippen LogP contribution in [0.1, 0.15) is 30.5 Å². The Balaban J connectivity index is 2.08. The van der Waals surface area contributed by atoms with Crippen LogP contribution in [0, 0.1) is 12.7 Å². The first-order valence-electron chi connectivity index (χ1n) is 12.5. The van der Waals surface area contributed by atoms with E-state index < -0.39 is 34.3 Å². The van der Waals surface area contributed by atoms with Crippen molar-refractivity contribution in [3.8, 4) is 0 Å². The molecule has 1 atom stereocenters. The first-order valence-corrected chi connectivity index (χ1v) is 14.7. The zero-order valence-corrected chi connectivity index (χ0v) is 24.0. The van der Waals surface area contributed by atoms with Gasteiger partial charge in [0.15, 0.2) is 0 Å². The van der Waals surface area contributed by atoms with Gasteiger partial charge < -0.3 is 10.2 Å². The Morgan fingerprint density at radius 3 is 2.23 bits per heavy atom. The van der Waals surface area contributed by atoms with Crippen LogP contribution in [0.25, 0.3) is 0 Å². The summed E-state index contributed by atoms with van der Waals surface area (Å²) in [7, 11) is -3.98. The SMILES string of the molecule is Cc1ccccc1CN(C(=O)CN(c1ccc(F)c(Cl)c1)S(C)(=O)=O)[C@@H](Cc1ccccc1)C(=O)NC(C)C. The molecule has 0 aliphatic carbocycles. The van der Waals surface area contributed by atoms with Gasteiger partial charge in [-0.1, -0.05) is 66.2 Å². The second-order valence-electron chi connectivity index (χ2n) is 9.68. The van der Waals surface area contributed by atoms with Crippen LogP contribution in [0.5, 0.6) is 0 Å². The molecule has 0 saturated carbocycles. The molecule has 39 heavy (non-hydrogen) atoms. The second kappa shape index (κ2) is 13.1. The van der Waals surface area contributed by atoms with E-state index in [0.29, 0.717) is 0 Å². The topological polar surface area (TPSA) is 86.8 Å². The van der Waals surface area contributed by atoms with E-state index in [2.05, 4.69) is 5.32 Å². The van der Waals surface area contributed by atoms with Crippen molar-refractivity contribution in [2.45, 2.75) is 45.8 Å². The van der Waals surface area contributed by atoms with E-state index in [1.54, 1.807) is 0 Å². The summed E-state index contributed by atoms with van der Waals surface area (Å²) in [4.78, 5) is 28.9. The van der Waals surface area contributed by atoms with E-state index in [4.69, 9.17) is 11.6 Å². The number of amides is 2. The Morgan fingerprint density at radius 1 is 1.00 bits per heavy atom. The van der Waals surface area contributed by atoms with Crippen molar-refractivity contribution >= 4 is 39.1 Å². The van der Waals surface area contributed by atoms with Crippen LogP contribution in [-0.2, 0) is 32.6 Å². The third-order valence-corrected chi connectivity index (χ3v) is 7.60. The first-order chi connectivity index (χ1) is 18.4. The number of aryl methyl sites for hydroxylation is 1. The quantitative estimate of drug-likeness (QED) is 0.360. The van der Waals surface area contributed by atoms with Crippen LogP contribution >= 0.6 is 11.6 Å². The van der Waals surface area contributed by atoms with Gasteiger partial charge in [-0.25, -0.2) is 12.8 Å². The lowest BCUT2D eigenvalue weighted by Crippen LogP contribution is -2.54. The molecule has 0 saturated heterocycles. The predicted molar refractivity (Wildman–Crippen MR) is 153 cm³/mol. The predicted octanol–water partition coefficient (Wildman–Crippen LogP) is 4.72. The van der Waals surface area contributed by atoms with E-state index in [0.717, 1.165) is 39.4 Å². The molecule has 0 aromatic heterocycles. The molecule has 0 radical (unpaired) electrons. The molecule has 0 bridgehead atoms. The standard InChI is InChI=1S/C29H33ClFN3O4S/c1-20(2)32-29(36)27(16-22-11-6-5-7-12-22)33(18-23-13-9-8-10-21(23)3)28(35)19-34(39(4,37)38)24-14-15-26(31)25(30)17-24/h5-15,17,20,27H,16,18-19H2,1-4H3,(H,32,36)/t27-/m0/s1. The van der Waals surface area contributed by atoms with Gasteiger partial charge in [-0.2, -0.15) is 0 Å². The summed E-state index contributed by atoms with van der Waals surface area (Å²) in [5.74, 6) is -1.66. The van der Waals surface area contributed by atoms with Crippen molar-refractivity contribution < 1.29 is 22.4 Å². The van der Waals surface area contributed by atoms with Gasteiger partial charge in [0.05, 0.1) is 17.0 Å². The molecule has 0 unspecified atom stereocenters. The van der Waals surface area contributed by atoms with Gasteiger partial charge in [0, 0.05) is 19.0 Å². The summed E-state index contributed by atoms with van der Waals surface area (Å²) in [5.41, 5.74) is 2.62. The second-order valence-corrected chi connectivity index (χ2v) is 12.0. The number of carbonyl (C=O) groups excluding carboxylic acids is 2. The average molecular weight is 574 g/mol. The molecule has 3 rings (SSSR count). The lowest BCUT2D eigenvalue weighted by Gasteiger charge is -2.34. The van der Waals surface area contributed by atoms with Gasteiger partial charge >= 0.3 is 0 Å². The number of carbonyl (C=O) groups is 2. The number of rotatable bonds is 11. The van der Waals surface area contributed by atoms with Crippen molar-refractivity contribution in [3.05, 3.63) is 100 Å². The molecule has 10 heteroatoms. The number of halogens is 2. The summed E-state index contributed by atoms with van der Waals surface area (Å²) in [6.07, 6.45) is 1.18. The Labute approximate surface area is 234 Å². The minimum atomic E-state index is -3.98. The number of hydrogen-bond donors (Lipinski definition) is 1. The number of anilines is 1. The number of benzene rings is 3. The Hall–Kier alpha value is -3.43. The third-order valence-electron chi connectivity index (χ3n) is 6.17. The molecule has 0 heterocycles. The lowest BCUT2D eigenvalue weighted by molar-refractivity contribution is -0.140. The molecule has 0 spiro atoms. The molecule has 3 aromatic rings. The van der Waals surface area contributed by atoms with Crippen molar-refractivity contribution in [2.75, 3.05) is 17.1 Å². The van der Waals surface area contributed by atoms with Gasteiger partial charge in [0.2, 0.25) is 21.8 Å². The summed E-state index contributed by atoms with van der Waals surface area (Å²) in [6, 6.07) is 19.1. The molecule has 3 aromatic carbocycles. The van der Waals surface area contributed by atoms with Crippen molar-refractivity contribution in [1.82, 2.24) is 10.2 Å². The average Bonchev–Trinajstić information content (AvgIpc) is 2.87. The van der Waals surface area contributed by atoms with Gasteiger partial charge in [-0.05, 0) is 55.7 Å². The summed E-state index contributed by atoms with van der Waals surface area (Å²) >= 11 is 5.92. The lowest BCUT2D eigenvalue weighted by atomic mass is 10.0. The van der Waals surface area contributed by atoms with Crippen LogP contribution in [0.4, 0.5) is 10.1 Å². The fourth-order valence-electron chi connectivity index (χ4n) is 4.16. The Bertz CT molecular complexity index is 1420. The van der Waals surface area contributed by atoms with Crippen LogP contribution in [0.2, 0.25) is 5.02 Å². The van der Waals surface area contributed by atoms with E-state index in [1.165, 1.54) is 11.0 Å². The number of nitrogens with one attached hydrogen (secondary N) is 1. The van der Waals surface area contributed by atoms with Crippen LogP contribution in [0.3, 0.4) is 0 Å². The van der Waals surface area contributed by atoms with E-state index in [1.807, 2.05) is 75.4 Å². The maximum atomic E-state index is 14.0. The van der Waals surface area contributed by atoms with E-state index in [-0.39, 0.29) is 35.6 Å². The normalized spacial score (nSPS) is 12.2. The first kappa shape index (κ1) is 30.1. The smallest absolute Gasteiger partial charge is 0.244 e. The molecule has 0 aliphatic rings. The van der Waals surface area contributed by atoms with Gasteiger partial charge in [0.25, 0.3) is 0 Å². The molecular formula is C29H33ClFN3O4S. The van der Waals surface area contributed by atoms with Crippen LogP contribution < -0.4 is 9.62 Å². The maximum absolute atomic E-state index is 14.0. The fraction of sp³-hybridized carbons (Fsp3) is 0.310. The largest absolute Gasteiger partial charge is 0.352 e. The van der Waals surface area contributed by atoms with Crippen molar-refractivity contribution in [3.63, 3.8) is 0 Å². The monoisotopic (exact) mass is 573 g/mol. The summed E-state index contributed by atoms with van der Waals surface area (Å²) in [6.45, 7) is 5.04.